The summed E-state index contributed by atoms with van der Waals surface area (Å²) in [6, 6.07) is 10.2. The molecule has 1 N–H and O–H groups in total. The van der Waals surface area contributed by atoms with Crippen LogP contribution >= 0.6 is 11.3 Å². The Hall–Kier alpha value is -1.92. The average molecular weight is 359 g/mol. The highest BCUT2D eigenvalue weighted by molar-refractivity contribution is 7.09. The molecule has 2 aromatic rings. The fourth-order valence-electron chi connectivity index (χ4n) is 2.81. The molecule has 1 unspecified atom stereocenters. The number of ether oxygens (including phenoxy) is 1. The number of anilines is 1. The Morgan fingerprint density at radius 3 is 2.76 bits per heavy atom. The van der Waals surface area contributed by atoms with Gasteiger partial charge in [-0.15, -0.1) is 11.3 Å². The summed E-state index contributed by atoms with van der Waals surface area (Å²) in [7, 11) is 1.71. The number of nitrogens with zero attached hydrogens (tertiary/aromatic N) is 3. The lowest BCUT2D eigenvalue weighted by Gasteiger charge is -2.30. The largest absolute Gasteiger partial charge is 0.375 e. The maximum atomic E-state index is 5.34. The zero-order chi connectivity index (χ0) is 17.5. The Labute approximate surface area is 153 Å². The van der Waals surface area contributed by atoms with Crippen LogP contribution < -0.4 is 5.32 Å². The van der Waals surface area contributed by atoms with E-state index in [1.54, 1.807) is 18.4 Å². The highest BCUT2D eigenvalue weighted by Gasteiger charge is 2.15. The molecule has 1 saturated heterocycles. The molecule has 3 rings (SSSR count). The summed E-state index contributed by atoms with van der Waals surface area (Å²) in [6.45, 7) is 4.71. The second-order valence-corrected chi connectivity index (χ2v) is 7.12. The van der Waals surface area contributed by atoms with E-state index in [0.717, 1.165) is 35.4 Å². The highest BCUT2D eigenvalue weighted by Crippen LogP contribution is 2.21. The van der Waals surface area contributed by atoms with E-state index in [2.05, 4.69) is 32.7 Å². The van der Waals surface area contributed by atoms with Gasteiger partial charge in [-0.05, 0) is 38.3 Å². The molecule has 0 spiro atoms. The first-order chi connectivity index (χ1) is 12.3. The number of methoxy groups -OCH3 is 1. The first-order valence-corrected chi connectivity index (χ1v) is 9.73. The summed E-state index contributed by atoms with van der Waals surface area (Å²) >= 11 is 1.63. The van der Waals surface area contributed by atoms with E-state index in [9.17, 15) is 0 Å². The van der Waals surface area contributed by atoms with Crippen LogP contribution in [0.4, 0.5) is 5.69 Å². The van der Waals surface area contributed by atoms with Crippen molar-refractivity contribution in [1.82, 2.24) is 9.88 Å². The van der Waals surface area contributed by atoms with Crippen molar-refractivity contribution in [1.29, 1.82) is 0 Å². The fourth-order valence-corrected chi connectivity index (χ4v) is 3.66. The lowest BCUT2D eigenvalue weighted by molar-refractivity contribution is 0.119. The number of nitrogens with one attached hydrogen (secondary N) is 1. The SMILES string of the molecule is COC(C)c1nc(CN=C(Nc2ccccc2)N2CCCCC2)cs1. The smallest absolute Gasteiger partial charge is 0.198 e. The Kier molecular flexibility index (Phi) is 6.42. The molecule has 1 aromatic heterocycles. The van der Waals surface area contributed by atoms with Gasteiger partial charge in [-0.1, -0.05) is 18.2 Å². The van der Waals surface area contributed by atoms with Crippen LogP contribution in [0.15, 0.2) is 40.7 Å². The first-order valence-electron chi connectivity index (χ1n) is 8.85. The minimum absolute atomic E-state index is 0.0340. The maximum Gasteiger partial charge on any atom is 0.198 e. The number of benzene rings is 1. The van der Waals surface area contributed by atoms with Crippen LogP contribution in [0.5, 0.6) is 0 Å². The fraction of sp³-hybridized carbons (Fsp3) is 0.474. The summed E-state index contributed by atoms with van der Waals surface area (Å²) in [4.78, 5) is 11.8. The Balaban J connectivity index is 1.73. The van der Waals surface area contributed by atoms with E-state index in [0.29, 0.717) is 6.54 Å². The second kappa shape index (κ2) is 8.97. The van der Waals surface area contributed by atoms with Crippen molar-refractivity contribution in [3.8, 4) is 0 Å². The zero-order valence-electron chi connectivity index (χ0n) is 14.9. The second-order valence-electron chi connectivity index (χ2n) is 6.23. The third-order valence-electron chi connectivity index (χ3n) is 4.35. The lowest BCUT2D eigenvalue weighted by Crippen LogP contribution is -2.40. The molecule has 134 valence electrons. The molecule has 0 radical (unpaired) electrons. The molecular formula is C19H26N4OS. The number of rotatable bonds is 5. The highest BCUT2D eigenvalue weighted by atomic mass is 32.1. The summed E-state index contributed by atoms with van der Waals surface area (Å²) < 4.78 is 5.34. The lowest BCUT2D eigenvalue weighted by atomic mass is 10.1. The Morgan fingerprint density at radius 2 is 2.04 bits per heavy atom. The zero-order valence-corrected chi connectivity index (χ0v) is 15.8. The average Bonchev–Trinajstić information content (AvgIpc) is 3.15. The number of hydrogen-bond donors (Lipinski definition) is 1. The topological polar surface area (TPSA) is 49.8 Å². The number of piperidine rings is 1. The molecule has 1 fully saturated rings. The van der Waals surface area contributed by atoms with E-state index in [4.69, 9.17) is 9.73 Å². The first kappa shape index (κ1) is 17.9. The molecule has 1 aromatic carbocycles. The standard InChI is InChI=1S/C19H26N4OS/c1-15(24-2)18-21-17(14-25-18)13-20-19(23-11-7-4-8-12-23)22-16-9-5-3-6-10-16/h3,5-6,9-10,14-15H,4,7-8,11-13H2,1-2H3,(H,20,22). The van der Waals surface area contributed by atoms with Crippen molar-refractivity contribution >= 4 is 23.0 Å². The van der Waals surface area contributed by atoms with Gasteiger partial charge in [0, 0.05) is 31.3 Å². The Morgan fingerprint density at radius 1 is 1.28 bits per heavy atom. The van der Waals surface area contributed by atoms with Crippen LogP contribution in [0.25, 0.3) is 0 Å². The van der Waals surface area contributed by atoms with Crippen LogP contribution in [-0.4, -0.2) is 36.0 Å². The molecular weight excluding hydrogens is 332 g/mol. The number of hydrogen-bond acceptors (Lipinski definition) is 4. The summed E-state index contributed by atoms with van der Waals surface area (Å²) in [5.74, 6) is 0.945. The quantitative estimate of drug-likeness (QED) is 0.639. The third-order valence-corrected chi connectivity index (χ3v) is 5.40. The van der Waals surface area contributed by atoms with E-state index in [-0.39, 0.29) is 6.10 Å². The molecule has 0 amide bonds. The molecule has 1 atom stereocenters. The van der Waals surface area contributed by atoms with Gasteiger partial charge in [-0.25, -0.2) is 9.98 Å². The van der Waals surface area contributed by atoms with Gasteiger partial charge in [0.1, 0.15) is 11.1 Å². The van der Waals surface area contributed by atoms with E-state index >= 15 is 0 Å². The van der Waals surface area contributed by atoms with Crippen molar-refractivity contribution in [2.45, 2.75) is 38.8 Å². The van der Waals surface area contributed by atoms with Crippen molar-refractivity contribution < 1.29 is 4.74 Å². The molecule has 1 aliphatic heterocycles. The predicted molar refractivity (Wildman–Crippen MR) is 104 cm³/mol. The van der Waals surface area contributed by atoms with Gasteiger partial charge in [0.25, 0.3) is 0 Å². The Bertz CT molecular complexity index is 680. The monoisotopic (exact) mass is 358 g/mol. The van der Waals surface area contributed by atoms with Gasteiger partial charge in [0.2, 0.25) is 0 Å². The van der Waals surface area contributed by atoms with Crippen molar-refractivity contribution in [2.75, 3.05) is 25.5 Å². The van der Waals surface area contributed by atoms with Gasteiger partial charge >= 0.3 is 0 Å². The normalized spacial score (nSPS) is 16.7. The molecule has 6 heteroatoms. The van der Waals surface area contributed by atoms with Gasteiger partial charge in [0.15, 0.2) is 5.96 Å². The summed E-state index contributed by atoms with van der Waals surface area (Å²) in [5.41, 5.74) is 2.06. The van der Waals surface area contributed by atoms with Gasteiger partial charge in [-0.2, -0.15) is 0 Å². The number of thiazole rings is 1. The number of likely N-dealkylation sites (tertiary alicyclic amines) is 1. The molecule has 25 heavy (non-hydrogen) atoms. The van der Waals surface area contributed by atoms with Crippen LogP contribution in [0.1, 0.15) is 43.0 Å². The maximum absolute atomic E-state index is 5.34. The van der Waals surface area contributed by atoms with E-state index in [1.807, 2.05) is 25.1 Å². The molecule has 0 saturated carbocycles. The van der Waals surface area contributed by atoms with Gasteiger partial charge < -0.3 is 15.0 Å². The van der Waals surface area contributed by atoms with Crippen LogP contribution in [0.3, 0.4) is 0 Å². The van der Waals surface area contributed by atoms with Crippen molar-refractivity contribution in [3.63, 3.8) is 0 Å². The molecule has 0 aliphatic carbocycles. The van der Waals surface area contributed by atoms with Crippen molar-refractivity contribution in [2.24, 2.45) is 4.99 Å². The predicted octanol–water partition coefficient (Wildman–Crippen LogP) is 4.30. The molecule has 5 nitrogen and oxygen atoms in total. The van der Waals surface area contributed by atoms with Crippen LogP contribution in [0, 0.1) is 0 Å². The van der Waals surface area contributed by atoms with Gasteiger partial charge in [0.05, 0.1) is 12.2 Å². The number of aromatic nitrogens is 1. The molecule has 2 heterocycles. The minimum Gasteiger partial charge on any atom is -0.375 e. The van der Waals surface area contributed by atoms with Gasteiger partial charge in [-0.3, -0.25) is 0 Å². The number of para-hydroxylation sites is 1. The van der Waals surface area contributed by atoms with Crippen LogP contribution in [0.2, 0.25) is 0 Å². The number of aliphatic imine (C=N–C) groups is 1. The molecule has 1 aliphatic rings. The third kappa shape index (κ3) is 5.03. The van der Waals surface area contributed by atoms with Crippen LogP contribution in [-0.2, 0) is 11.3 Å². The number of guanidine groups is 1. The summed E-state index contributed by atoms with van der Waals surface area (Å²) in [6.07, 6.45) is 3.79. The summed E-state index contributed by atoms with van der Waals surface area (Å²) in [5, 5.41) is 6.56. The van der Waals surface area contributed by atoms with E-state index < -0.39 is 0 Å². The van der Waals surface area contributed by atoms with Crippen molar-refractivity contribution in [3.05, 3.63) is 46.4 Å². The van der Waals surface area contributed by atoms with E-state index in [1.165, 1.54) is 19.3 Å². The minimum atomic E-state index is 0.0340. The molecule has 0 bridgehead atoms.